The Morgan fingerprint density at radius 2 is 2.35 bits per heavy atom. The number of aryl methyl sites for hydroxylation is 1. The lowest BCUT2D eigenvalue weighted by molar-refractivity contribution is 0.0747. The third-order valence-corrected chi connectivity index (χ3v) is 3.95. The molecule has 1 N–H and O–H groups in total. The number of nitrogens with zero attached hydrogens (tertiary/aromatic N) is 1. The van der Waals surface area contributed by atoms with Gasteiger partial charge in [-0.2, -0.15) is 0 Å². The summed E-state index contributed by atoms with van der Waals surface area (Å²) in [6.07, 6.45) is 2.07. The Morgan fingerprint density at radius 3 is 3.00 bits per heavy atom. The zero-order valence-corrected chi connectivity index (χ0v) is 11.4. The fourth-order valence-electron chi connectivity index (χ4n) is 2.24. The van der Waals surface area contributed by atoms with Gasteiger partial charge in [0.15, 0.2) is 0 Å². The van der Waals surface area contributed by atoms with Crippen LogP contribution in [0.25, 0.3) is 0 Å². The van der Waals surface area contributed by atoms with Crippen LogP contribution >= 0.6 is 15.9 Å². The molecule has 1 aromatic rings. The highest BCUT2D eigenvalue weighted by Gasteiger charge is 2.29. The monoisotopic (exact) mass is 297 g/mol. The fourth-order valence-corrected chi connectivity index (χ4v) is 2.91. The van der Waals surface area contributed by atoms with Crippen LogP contribution in [0.2, 0.25) is 0 Å². The third-order valence-electron chi connectivity index (χ3n) is 3.20. The van der Waals surface area contributed by atoms with E-state index in [0.717, 1.165) is 30.3 Å². The summed E-state index contributed by atoms with van der Waals surface area (Å²) in [6.45, 7) is 2.67. The number of hydrogen-bond acceptors (Lipinski definition) is 2. The minimum atomic E-state index is -0.0653. The molecule has 0 bridgehead atoms. The summed E-state index contributed by atoms with van der Waals surface area (Å²) in [4.78, 5) is 14.1. The van der Waals surface area contributed by atoms with Gasteiger partial charge in [0.2, 0.25) is 0 Å². The molecule has 0 saturated carbocycles. The highest BCUT2D eigenvalue weighted by molar-refractivity contribution is 9.09. The number of likely N-dealkylation sites (tertiary alicyclic amines) is 1. The van der Waals surface area contributed by atoms with Crippen LogP contribution in [0.1, 0.15) is 28.8 Å². The molecule has 3 nitrogen and oxygen atoms in total. The largest absolute Gasteiger partial charge is 0.507 e. The summed E-state index contributed by atoms with van der Waals surface area (Å²) in [6, 6.07) is 5.44. The first-order valence-corrected chi connectivity index (χ1v) is 6.92. The average Bonchev–Trinajstić information content (AvgIpc) is 2.76. The first-order valence-electron chi connectivity index (χ1n) is 5.80. The average molecular weight is 298 g/mol. The standard InChI is InChI=1S/C13H16BrNO2/c1-9-4-5-11(12(16)7-9)13(17)15-6-2-3-10(15)8-14/h4-5,7,10,16H,2-3,6,8H2,1H3. The van der Waals surface area contributed by atoms with Gasteiger partial charge in [-0.05, 0) is 37.5 Å². The van der Waals surface area contributed by atoms with Crippen LogP contribution in [0.15, 0.2) is 18.2 Å². The lowest BCUT2D eigenvalue weighted by Crippen LogP contribution is -2.36. The zero-order chi connectivity index (χ0) is 12.4. The molecule has 92 valence electrons. The number of halogens is 1. The maximum atomic E-state index is 12.3. The van der Waals surface area contributed by atoms with Crippen LogP contribution in [-0.2, 0) is 0 Å². The minimum absolute atomic E-state index is 0.0653. The maximum Gasteiger partial charge on any atom is 0.257 e. The van der Waals surface area contributed by atoms with Gasteiger partial charge in [-0.3, -0.25) is 4.79 Å². The molecule has 0 aliphatic carbocycles. The van der Waals surface area contributed by atoms with E-state index >= 15 is 0 Å². The second-order valence-corrected chi connectivity index (χ2v) is 5.12. The molecule has 17 heavy (non-hydrogen) atoms. The van der Waals surface area contributed by atoms with Gasteiger partial charge in [-0.15, -0.1) is 0 Å². The van der Waals surface area contributed by atoms with E-state index in [1.165, 1.54) is 0 Å². The summed E-state index contributed by atoms with van der Waals surface area (Å²) in [7, 11) is 0. The molecular formula is C13H16BrNO2. The van der Waals surface area contributed by atoms with Crippen molar-refractivity contribution in [2.75, 3.05) is 11.9 Å². The summed E-state index contributed by atoms with van der Waals surface area (Å²) < 4.78 is 0. The van der Waals surface area contributed by atoms with Crippen molar-refractivity contribution in [2.24, 2.45) is 0 Å². The van der Waals surface area contributed by atoms with E-state index in [2.05, 4.69) is 15.9 Å². The van der Waals surface area contributed by atoms with Crippen molar-refractivity contribution in [1.29, 1.82) is 0 Å². The number of alkyl halides is 1. The van der Waals surface area contributed by atoms with Crippen LogP contribution in [0.4, 0.5) is 0 Å². The Morgan fingerprint density at radius 1 is 1.59 bits per heavy atom. The number of benzene rings is 1. The van der Waals surface area contributed by atoms with Crippen molar-refractivity contribution in [3.8, 4) is 5.75 Å². The predicted molar refractivity (Wildman–Crippen MR) is 70.7 cm³/mol. The quantitative estimate of drug-likeness (QED) is 0.853. The molecule has 1 aliphatic rings. The van der Waals surface area contributed by atoms with Gasteiger partial charge in [0.1, 0.15) is 5.75 Å². The molecule has 2 rings (SSSR count). The van der Waals surface area contributed by atoms with Crippen LogP contribution in [0.3, 0.4) is 0 Å². The Labute approximate surface area is 110 Å². The predicted octanol–water partition coefficient (Wildman–Crippen LogP) is 2.70. The molecular weight excluding hydrogens is 282 g/mol. The highest BCUT2D eigenvalue weighted by Crippen LogP contribution is 2.25. The van der Waals surface area contributed by atoms with Crippen molar-refractivity contribution in [1.82, 2.24) is 4.90 Å². The summed E-state index contributed by atoms with van der Waals surface area (Å²) in [5, 5.41) is 10.6. The number of carbonyl (C=O) groups excluding carboxylic acids is 1. The van der Waals surface area contributed by atoms with E-state index in [9.17, 15) is 9.90 Å². The van der Waals surface area contributed by atoms with Crippen molar-refractivity contribution in [2.45, 2.75) is 25.8 Å². The highest BCUT2D eigenvalue weighted by atomic mass is 79.9. The van der Waals surface area contributed by atoms with E-state index in [4.69, 9.17) is 0 Å². The second kappa shape index (κ2) is 5.08. The smallest absolute Gasteiger partial charge is 0.257 e. The van der Waals surface area contributed by atoms with Gasteiger partial charge in [-0.1, -0.05) is 22.0 Å². The van der Waals surface area contributed by atoms with E-state index < -0.39 is 0 Å². The Bertz CT molecular complexity index is 433. The van der Waals surface area contributed by atoms with Crippen molar-refractivity contribution in [3.05, 3.63) is 29.3 Å². The molecule has 0 spiro atoms. The molecule has 1 fully saturated rings. The van der Waals surface area contributed by atoms with Crippen molar-refractivity contribution >= 4 is 21.8 Å². The molecule has 4 heteroatoms. The van der Waals surface area contributed by atoms with E-state index in [-0.39, 0.29) is 17.7 Å². The van der Waals surface area contributed by atoms with Gasteiger partial charge in [0.25, 0.3) is 5.91 Å². The SMILES string of the molecule is Cc1ccc(C(=O)N2CCCC2CBr)c(O)c1. The molecule has 1 unspecified atom stereocenters. The number of phenolic OH excluding ortho intramolecular Hbond substituents is 1. The number of hydrogen-bond donors (Lipinski definition) is 1. The summed E-state index contributed by atoms with van der Waals surface area (Å²) in [5.74, 6) is 0.0136. The van der Waals surface area contributed by atoms with Crippen LogP contribution < -0.4 is 0 Å². The fraction of sp³-hybridized carbons (Fsp3) is 0.462. The lowest BCUT2D eigenvalue weighted by Gasteiger charge is -2.23. The Hall–Kier alpha value is -1.03. The maximum absolute atomic E-state index is 12.3. The second-order valence-electron chi connectivity index (χ2n) is 4.47. The molecule has 0 aromatic heterocycles. The molecule has 1 saturated heterocycles. The van der Waals surface area contributed by atoms with Gasteiger partial charge in [-0.25, -0.2) is 0 Å². The van der Waals surface area contributed by atoms with Gasteiger partial charge in [0, 0.05) is 17.9 Å². The number of carbonyl (C=O) groups is 1. The molecule has 1 amide bonds. The van der Waals surface area contributed by atoms with Crippen LogP contribution in [0, 0.1) is 6.92 Å². The normalized spacial score (nSPS) is 19.6. The van der Waals surface area contributed by atoms with Crippen LogP contribution in [0.5, 0.6) is 5.75 Å². The Balaban J connectivity index is 2.24. The van der Waals surface area contributed by atoms with Crippen molar-refractivity contribution in [3.63, 3.8) is 0 Å². The molecule has 1 atom stereocenters. The molecule has 1 heterocycles. The lowest BCUT2D eigenvalue weighted by atomic mass is 10.1. The van der Waals surface area contributed by atoms with Gasteiger partial charge < -0.3 is 10.0 Å². The first kappa shape index (κ1) is 12.4. The Kier molecular flexibility index (Phi) is 3.72. The topological polar surface area (TPSA) is 40.5 Å². The summed E-state index contributed by atoms with van der Waals surface area (Å²) in [5.41, 5.74) is 1.36. The number of aromatic hydroxyl groups is 1. The van der Waals surface area contributed by atoms with Crippen molar-refractivity contribution < 1.29 is 9.90 Å². The van der Waals surface area contributed by atoms with E-state index in [0.29, 0.717) is 5.56 Å². The molecule has 1 aliphatic heterocycles. The minimum Gasteiger partial charge on any atom is -0.507 e. The molecule has 0 radical (unpaired) electrons. The number of rotatable bonds is 2. The number of phenols is 1. The zero-order valence-electron chi connectivity index (χ0n) is 9.82. The van der Waals surface area contributed by atoms with Crippen LogP contribution in [-0.4, -0.2) is 33.8 Å². The van der Waals surface area contributed by atoms with E-state index in [1.807, 2.05) is 17.9 Å². The number of amides is 1. The summed E-state index contributed by atoms with van der Waals surface area (Å²) >= 11 is 3.43. The first-order chi connectivity index (χ1) is 8.13. The van der Waals surface area contributed by atoms with Gasteiger partial charge in [0.05, 0.1) is 5.56 Å². The third kappa shape index (κ3) is 2.46. The molecule has 1 aromatic carbocycles. The van der Waals surface area contributed by atoms with Gasteiger partial charge >= 0.3 is 0 Å². The van der Waals surface area contributed by atoms with E-state index in [1.54, 1.807) is 12.1 Å².